The summed E-state index contributed by atoms with van der Waals surface area (Å²) in [7, 11) is 3.12. The number of carbonyl (C=O) groups excluding carboxylic acids is 3. The average molecular weight is 605 g/mol. The largest absolute Gasteiger partial charge is 0.493 e. The summed E-state index contributed by atoms with van der Waals surface area (Å²) in [6.45, 7) is 2.00. The number of benzene rings is 3. The third kappa shape index (κ3) is 6.66. The number of nitrogens with one attached hydrogen (secondary N) is 3. The minimum Gasteiger partial charge on any atom is -0.493 e. The van der Waals surface area contributed by atoms with Gasteiger partial charge in [0.25, 0.3) is 0 Å². The zero-order valence-corrected chi connectivity index (χ0v) is 24.7. The van der Waals surface area contributed by atoms with Crippen LogP contribution in [0, 0.1) is 17.6 Å². The number of rotatable bonds is 10. The third-order valence-corrected chi connectivity index (χ3v) is 7.92. The maximum atomic E-state index is 14.0. The number of halogens is 2. The summed E-state index contributed by atoms with van der Waals surface area (Å²) in [5, 5.41) is 6.28. The van der Waals surface area contributed by atoms with Gasteiger partial charge in [0.15, 0.2) is 11.5 Å². The molecule has 2 unspecified atom stereocenters. The summed E-state index contributed by atoms with van der Waals surface area (Å²) < 4.78 is 38.0. The Kier molecular flexibility index (Phi) is 9.12. The molecular weight excluding hydrogens is 570 g/mol. The van der Waals surface area contributed by atoms with Crippen molar-refractivity contribution in [3.8, 4) is 11.5 Å². The molecule has 0 spiro atoms. The quantitative estimate of drug-likeness (QED) is 0.237. The number of aromatic amines is 1. The molecule has 1 aromatic heterocycles. The Hall–Kier alpha value is -4.93. The number of methoxy groups -OCH3 is 2. The molecule has 0 aliphatic carbocycles. The zero-order chi connectivity index (χ0) is 31.4. The molecule has 2 heterocycles. The van der Waals surface area contributed by atoms with Gasteiger partial charge in [-0.3, -0.25) is 14.4 Å². The first-order chi connectivity index (χ1) is 21.2. The molecule has 230 valence electrons. The maximum Gasteiger partial charge on any atom is 0.245 e. The number of para-hydroxylation sites is 1. The highest BCUT2D eigenvalue weighted by Crippen LogP contribution is 2.33. The van der Waals surface area contributed by atoms with Gasteiger partial charge >= 0.3 is 0 Å². The van der Waals surface area contributed by atoms with Crippen LogP contribution in [-0.4, -0.2) is 54.4 Å². The first-order valence-electron chi connectivity index (χ1n) is 14.3. The van der Waals surface area contributed by atoms with Crippen molar-refractivity contribution in [2.75, 3.05) is 20.8 Å². The minimum absolute atomic E-state index is 0.162. The van der Waals surface area contributed by atoms with Crippen molar-refractivity contribution in [3.63, 3.8) is 0 Å². The van der Waals surface area contributed by atoms with Crippen LogP contribution in [0.2, 0.25) is 0 Å². The molecule has 4 aromatic rings. The van der Waals surface area contributed by atoms with E-state index in [0.717, 1.165) is 45.8 Å². The lowest BCUT2D eigenvalue weighted by Crippen LogP contribution is -2.53. The van der Waals surface area contributed by atoms with Gasteiger partial charge in [-0.05, 0) is 65.9 Å². The Morgan fingerprint density at radius 3 is 2.34 bits per heavy atom. The Morgan fingerprint density at radius 2 is 1.64 bits per heavy atom. The van der Waals surface area contributed by atoms with Crippen molar-refractivity contribution in [2.24, 2.45) is 5.92 Å². The SMILES string of the molecule is COc1cc2c(cc1OC)CN(C(=O)C(Cc1c[nH]c3ccccc13)NC(=O)C(C)C(=O)NCc1cc(F)cc(F)c1)CC2. The number of H-pyrrole nitrogens is 1. The zero-order valence-electron chi connectivity index (χ0n) is 24.7. The topological polar surface area (TPSA) is 113 Å². The molecule has 0 fully saturated rings. The lowest BCUT2D eigenvalue weighted by molar-refractivity contribution is -0.140. The highest BCUT2D eigenvalue weighted by Gasteiger charge is 2.32. The standard InChI is InChI=1S/C33H34F2N4O5/c1-19(31(40)37-16-20-10-24(34)15-25(35)11-20)32(41)38-28(12-22-17-36-27-7-5-4-6-26(22)27)33(42)39-9-8-21-13-29(43-2)30(44-3)14-23(21)18-39/h4-7,10-11,13-15,17,19,28,36H,8-9,12,16,18H2,1-3H3,(H,37,40)(H,38,41). The second kappa shape index (κ2) is 13.2. The Labute approximate surface area is 253 Å². The summed E-state index contributed by atoms with van der Waals surface area (Å²) in [4.78, 5) is 45.1. The predicted molar refractivity (Wildman–Crippen MR) is 160 cm³/mol. The molecule has 3 aromatic carbocycles. The van der Waals surface area contributed by atoms with Crippen LogP contribution in [0.4, 0.5) is 8.78 Å². The van der Waals surface area contributed by atoms with Crippen LogP contribution >= 0.6 is 0 Å². The molecule has 0 bridgehead atoms. The number of fused-ring (bicyclic) bond motifs is 2. The third-order valence-electron chi connectivity index (χ3n) is 7.92. The van der Waals surface area contributed by atoms with Gasteiger partial charge in [0, 0.05) is 49.2 Å². The second-order valence-corrected chi connectivity index (χ2v) is 10.8. The molecule has 0 radical (unpaired) electrons. The molecule has 44 heavy (non-hydrogen) atoms. The second-order valence-electron chi connectivity index (χ2n) is 10.8. The van der Waals surface area contributed by atoms with Crippen molar-refractivity contribution in [2.45, 2.75) is 38.9 Å². The van der Waals surface area contributed by atoms with E-state index in [1.807, 2.05) is 42.6 Å². The molecule has 9 nitrogen and oxygen atoms in total. The fourth-order valence-corrected chi connectivity index (χ4v) is 5.48. The van der Waals surface area contributed by atoms with Crippen LogP contribution in [0.25, 0.3) is 10.9 Å². The minimum atomic E-state index is -1.18. The van der Waals surface area contributed by atoms with Gasteiger partial charge < -0.3 is 30.0 Å². The smallest absolute Gasteiger partial charge is 0.245 e. The number of hydrogen-bond donors (Lipinski definition) is 3. The van der Waals surface area contributed by atoms with E-state index in [1.165, 1.54) is 6.92 Å². The van der Waals surface area contributed by atoms with Crippen LogP contribution in [0.5, 0.6) is 11.5 Å². The van der Waals surface area contributed by atoms with Crippen LogP contribution in [0.3, 0.4) is 0 Å². The monoisotopic (exact) mass is 604 g/mol. The van der Waals surface area contributed by atoms with E-state index in [9.17, 15) is 23.2 Å². The van der Waals surface area contributed by atoms with E-state index in [0.29, 0.717) is 31.0 Å². The van der Waals surface area contributed by atoms with Gasteiger partial charge in [-0.2, -0.15) is 0 Å². The predicted octanol–water partition coefficient (Wildman–Crippen LogP) is 4.03. The molecule has 1 aliphatic heterocycles. The van der Waals surface area contributed by atoms with Crippen molar-refractivity contribution in [1.82, 2.24) is 20.5 Å². The summed E-state index contributed by atoms with van der Waals surface area (Å²) in [5.41, 5.74) is 3.92. The highest BCUT2D eigenvalue weighted by molar-refractivity contribution is 6.01. The summed E-state index contributed by atoms with van der Waals surface area (Å²) >= 11 is 0. The normalized spacial score (nSPS) is 14.0. The number of aromatic nitrogens is 1. The van der Waals surface area contributed by atoms with E-state index >= 15 is 0 Å². The molecule has 3 amide bonds. The van der Waals surface area contributed by atoms with Crippen LogP contribution in [0.1, 0.15) is 29.2 Å². The number of amides is 3. The maximum absolute atomic E-state index is 14.0. The lowest BCUT2D eigenvalue weighted by atomic mass is 9.97. The van der Waals surface area contributed by atoms with Gasteiger partial charge in [0.05, 0.1) is 14.2 Å². The van der Waals surface area contributed by atoms with E-state index in [-0.39, 0.29) is 24.4 Å². The number of nitrogens with zero attached hydrogens (tertiary/aromatic N) is 1. The van der Waals surface area contributed by atoms with Crippen molar-refractivity contribution < 1.29 is 32.6 Å². The van der Waals surface area contributed by atoms with Crippen LogP contribution < -0.4 is 20.1 Å². The van der Waals surface area contributed by atoms with Gasteiger partial charge in [-0.15, -0.1) is 0 Å². The molecule has 0 saturated carbocycles. The first-order valence-corrected chi connectivity index (χ1v) is 14.3. The molecule has 3 N–H and O–H groups in total. The lowest BCUT2D eigenvalue weighted by Gasteiger charge is -2.33. The molecule has 11 heteroatoms. The number of carbonyl (C=O) groups is 3. The highest BCUT2D eigenvalue weighted by atomic mass is 19.1. The number of hydrogen-bond acceptors (Lipinski definition) is 5. The van der Waals surface area contributed by atoms with Gasteiger partial charge in [0.1, 0.15) is 23.6 Å². The van der Waals surface area contributed by atoms with Crippen molar-refractivity contribution in [1.29, 1.82) is 0 Å². The summed E-state index contributed by atoms with van der Waals surface area (Å²) in [5.74, 6) is -3.10. The average Bonchev–Trinajstić information content (AvgIpc) is 3.43. The van der Waals surface area contributed by atoms with E-state index < -0.39 is 35.4 Å². The summed E-state index contributed by atoms with van der Waals surface area (Å²) in [6, 6.07) is 13.4. The van der Waals surface area contributed by atoms with Gasteiger partial charge in [0.2, 0.25) is 17.7 Å². The van der Waals surface area contributed by atoms with Gasteiger partial charge in [-0.1, -0.05) is 18.2 Å². The van der Waals surface area contributed by atoms with Crippen LogP contribution in [0.15, 0.2) is 60.8 Å². The Balaban J connectivity index is 1.34. The fourth-order valence-electron chi connectivity index (χ4n) is 5.48. The van der Waals surface area contributed by atoms with Crippen molar-refractivity contribution in [3.05, 3.63) is 94.7 Å². The summed E-state index contributed by atoms with van der Waals surface area (Å²) in [6.07, 6.45) is 2.60. The first kappa shape index (κ1) is 30.5. The molecule has 1 aliphatic rings. The number of ether oxygens (including phenoxy) is 2. The van der Waals surface area contributed by atoms with Gasteiger partial charge in [-0.25, -0.2) is 8.78 Å². The Morgan fingerprint density at radius 1 is 0.955 bits per heavy atom. The van der Waals surface area contributed by atoms with Crippen LogP contribution in [-0.2, 0) is 40.3 Å². The fraction of sp³-hybridized carbons (Fsp3) is 0.303. The van der Waals surface area contributed by atoms with Crippen molar-refractivity contribution >= 4 is 28.6 Å². The molecule has 5 rings (SSSR count). The van der Waals surface area contributed by atoms with E-state index in [4.69, 9.17) is 9.47 Å². The molecule has 2 atom stereocenters. The van der Waals surface area contributed by atoms with E-state index in [2.05, 4.69) is 15.6 Å². The Bertz CT molecular complexity index is 1680. The van der Waals surface area contributed by atoms with E-state index in [1.54, 1.807) is 19.1 Å². The molecule has 0 saturated heterocycles. The molecular formula is C33H34F2N4O5.